The van der Waals surface area contributed by atoms with Crippen molar-refractivity contribution in [2.24, 2.45) is 12.5 Å². The maximum absolute atomic E-state index is 8.89. The smallest absolute Gasteiger partial charge is 0.243 e. The molecule has 0 saturated heterocycles. The van der Waals surface area contributed by atoms with Gasteiger partial charge in [0, 0.05) is 5.97 Å². The Bertz CT molecular complexity index is 383. The van der Waals surface area contributed by atoms with E-state index in [0.717, 1.165) is 6.92 Å². The van der Waals surface area contributed by atoms with E-state index in [2.05, 4.69) is 69.5 Å². The van der Waals surface area contributed by atoms with E-state index in [1.165, 1.54) is 6.42 Å². The maximum atomic E-state index is 8.89. The van der Waals surface area contributed by atoms with Gasteiger partial charge in [-0.2, -0.15) is 0 Å². The Morgan fingerprint density at radius 2 is 1.72 bits per heavy atom. The molecule has 1 aromatic rings. The Hall–Kier alpha value is -1.32. The number of aryl methyl sites for hydroxylation is 1. The highest BCUT2D eigenvalue weighted by Gasteiger charge is 2.30. The Morgan fingerprint density at radius 1 is 1.28 bits per heavy atom. The molecule has 0 bridgehead atoms. The maximum Gasteiger partial charge on any atom is 0.243 e. The summed E-state index contributed by atoms with van der Waals surface area (Å²) < 4.78 is 4.38. The van der Waals surface area contributed by atoms with Gasteiger partial charge in [0.05, 0.1) is 7.05 Å². The summed E-state index contributed by atoms with van der Waals surface area (Å²) in [4.78, 5) is 8.89. The second-order valence-electron chi connectivity index (χ2n) is 6.53. The zero-order chi connectivity index (χ0) is 14.6. The average molecular weight is 254 g/mol. The summed E-state index contributed by atoms with van der Waals surface area (Å²) in [6, 6.07) is 0. The van der Waals surface area contributed by atoms with Crippen molar-refractivity contribution in [2.75, 3.05) is 0 Å². The number of imidazole rings is 1. The van der Waals surface area contributed by atoms with Crippen molar-refractivity contribution in [1.82, 2.24) is 4.57 Å². The van der Waals surface area contributed by atoms with Crippen molar-refractivity contribution in [3.8, 4) is 0 Å². The Labute approximate surface area is 110 Å². The minimum atomic E-state index is -1.08. The predicted octanol–water partition coefficient (Wildman–Crippen LogP) is 1.24. The fourth-order valence-electron chi connectivity index (χ4n) is 2.20. The summed E-state index contributed by atoms with van der Waals surface area (Å²) in [5.41, 5.74) is 0.561. The van der Waals surface area contributed by atoms with Gasteiger partial charge in [-0.1, -0.05) is 20.8 Å². The molecule has 1 heterocycles. The normalized spacial score (nSPS) is 11.7. The number of nitrogens with zero attached hydrogens (tertiary/aromatic N) is 2. The van der Waals surface area contributed by atoms with Crippen LogP contribution in [0.15, 0.2) is 18.7 Å². The van der Waals surface area contributed by atoms with E-state index in [-0.39, 0.29) is 5.54 Å². The average Bonchev–Trinajstić information content (AvgIpc) is 2.46. The van der Waals surface area contributed by atoms with Crippen LogP contribution in [0.3, 0.4) is 0 Å². The quantitative estimate of drug-likeness (QED) is 0.746. The van der Waals surface area contributed by atoms with Gasteiger partial charge < -0.3 is 9.90 Å². The molecule has 0 spiro atoms. The fraction of sp³-hybridized carbons (Fsp3) is 0.714. The monoisotopic (exact) mass is 254 g/mol. The number of carboxylic acids is 1. The molecular formula is C14H26N2O2. The van der Waals surface area contributed by atoms with Crippen LogP contribution in [0, 0.1) is 5.41 Å². The van der Waals surface area contributed by atoms with E-state index >= 15 is 0 Å². The first-order chi connectivity index (χ1) is 7.94. The van der Waals surface area contributed by atoms with Crippen LogP contribution in [0.25, 0.3) is 0 Å². The van der Waals surface area contributed by atoms with Gasteiger partial charge in [0.15, 0.2) is 0 Å². The fourth-order valence-corrected chi connectivity index (χ4v) is 2.20. The van der Waals surface area contributed by atoms with Gasteiger partial charge in [0.1, 0.15) is 17.9 Å². The zero-order valence-corrected chi connectivity index (χ0v) is 12.7. The molecule has 0 fully saturated rings. The van der Waals surface area contributed by atoms with Gasteiger partial charge in [-0.3, -0.25) is 0 Å². The number of hydrogen-bond donors (Lipinski definition) is 0. The Kier molecular flexibility index (Phi) is 5.58. The van der Waals surface area contributed by atoms with Gasteiger partial charge in [0.25, 0.3) is 0 Å². The summed E-state index contributed by atoms with van der Waals surface area (Å²) in [5, 5.41) is 8.89. The van der Waals surface area contributed by atoms with Gasteiger partial charge in [-0.05, 0) is 32.6 Å². The minimum Gasteiger partial charge on any atom is -0.550 e. The van der Waals surface area contributed by atoms with Gasteiger partial charge >= 0.3 is 0 Å². The lowest BCUT2D eigenvalue weighted by Gasteiger charge is -2.29. The lowest BCUT2D eigenvalue weighted by Crippen LogP contribution is -2.52. The molecule has 0 radical (unpaired) electrons. The van der Waals surface area contributed by atoms with E-state index < -0.39 is 5.97 Å². The lowest BCUT2D eigenvalue weighted by atomic mass is 9.82. The lowest BCUT2D eigenvalue weighted by molar-refractivity contribution is -0.759. The van der Waals surface area contributed by atoms with Crippen LogP contribution in [0.5, 0.6) is 0 Å². The van der Waals surface area contributed by atoms with Crippen molar-refractivity contribution in [1.29, 1.82) is 0 Å². The number of carboxylic acid groups (broad SMARTS) is 1. The summed E-state index contributed by atoms with van der Waals surface area (Å²) in [6.45, 7) is 12.4. The molecule has 0 N–H and O–H groups in total. The number of carbonyl (C=O) groups excluding carboxylic acids is 1. The summed E-state index contributed by atoms with van der Waals surface area (Å²) in [7, 11) is 2.06. The van der Waals surface area contributed by atoms with Crippen LogP contribution in [-0.4, -0.2) is 10.5 Å². The number of hydrogen-bond acceptors (Lipinski definition) is 2. The molecule has 0 aliphatic rings. The highest BCUT2D eigenvalue weighted by molar-refractivity contribution is 5.60. The van der Waals surface area contributed by atoms with Crippen LogP contribution >= 0.6 is 0 Å². The second-order valence-corrected chi connectivity index (χ2v) is 6.53. The molecule has 1 aromatic heterocycles. The van der Waals surface area contributed by atoms with Crippen LogP contribution < -0.4 is 9.67 Å². The topological polar surface area (TPSA) is 48.9 Å². The van der Waals surface area contributed by atoms with Gasteiger partial charge in [0.2, 0.25) is 6.33 Å². The molecule has 104 valence electrons. The molecule has 0 saturated carbocycles. The highest BCUT2D eigenvalue weighted by atomic mass is 16.4. The number of aliphatic carboxylic acids is 1. The first kappa shape index (κ1) is 16.7. The number of aromatic nitrogens is 2. The molecule has 4 heteroatoms. The molecule has 0 aromatic carbocycles. The van der Waals surface area contributed by atoms with Crippen LogP contribution in [-0.2, 0) is 17.4 Å². The third-order valence-corrected chi connectivity index (χ3v) is 2.43. The Morgan fingerprint density at radius 3 is 2.00 bits per heavy atom. The van der Waals surface area contributed by atoms with Crippen molar-refractivity contribution < 1.29 is 14.5 Å². The first-order valence-electron chi connectivity index (χ1n) is 6.15. The van der Waals surface area contributed by atoms with Gasteiger partial charge in [-0.15, -0.1) is 0 Å². The molecule has 0 unspecified atom stereocenters. The summed E-state index contributed by atoms with van der Waals surface area (Å²) in [6.07, 6.45) is 7.55. The second kappa shape index (κ2) is 6.03. The van der Waals surface area contributed by atoms with E-state index in [1.54, 1.807) is 0 Å². The largest absolute Gasteiger partial charge is 0.550 e. The SMILES string of the molecule is CC(=O)[O-].Cn1cc[n+](C(C)(C)CC(C)(C)C)c1. The molecule has 1 rings (SSSR count). The first-order valence-corrected chi connectivity index (χ1v) is 6.15. The van der Waals surface area contributed by atoms with Crippen LogP contribution in [0.1, 0.15) is 48.0 Å². The van der Waals surface area contributed by atoms with Crippen LogP contribution in [0.4, 0.5) is 0 Å². The predicted molar refractivity (Wildman–Crippen MR) is 69.7 cm³/mol. The zero-order valence-electron chi connectivity index (χ0n) is 12.7. The third-order valence-electron chi connectivity index (χ3n) is 2.43. The van der Waals surface area contributed by atoms with Crippen molar-refractivity contribution in [3.63, 3.8) is 0 Å². The summed E-state index contributed by atoms with van der Waals surface area (Å²) in [5.74, 6) is -1.08. The molecule has 0 amide bonds. The molecule has 0 atom stereocenters. The standard InChI is InChI=1S/C12H23N2.C2H4O2/c1-11(2,3)9-12(4,5)14-8-7-13(6)10-14;1-2(3)4/h7-8,10H,9H2,1-6H3;1H3,(H,3,4)/q+1;/p-1. The Balaban J connectivity index is 0.000000631. The van der Waals surface area contributed by atoms with E-state index in [0.29, 0.717) is 5.41 Å². The van der Waals surface area contributed by atoms with Crippen LogP contribution in [0.2, 0.25) is 0 Å². The van der Waals surface area contributed by atoms with Crippen molar-refractivity contribution in [3.05, 3.63) is 18.7 Å². The van der Waals surface area contributed by atoms with Crippen molar-refractivity contribution in [2.45, 2.75) is 53.5 Å². The third kappa shape index (κ3) is 7.09. The molecule has 0 aliphatic carbocycles. The molecule has 18 heavy (non-hydrogen) atoms. The molecule has 4 nitrogen and oxygen atoms in total. The highest BCUT2D eigenvalue weighted by Crippen LogP contribution is 2.28. The van der Waals surface area contributed by atoms with E-state index in [4.69, 9.17) is 9.90 Å². The molecule has 0 aliphatic heterocycles. The number of carbonyl (C=O) groups is 1. The van der Waals surface area contributed by atoms with E-state index in [1.807, 2.05) is 0 Å². The van der Waals surface area contributed by atoms with Crippen molar-refractivity contribution >= 4 is 5.97 Å². The van der Waals surface area contributed by atoms with E-state index in [9.17, 15) is 0 Å². The van der Waals surface area contributed by atoms with Gasteiger partial charge in [-0.25, -0.2) is 9.13 Å². The minimum absolute atomic E-state index is 0.194. The number of rotatable bonds is 2. The molecular weight excluding hydrogens is 228 g/mol. The summed E-state index contributed by atoms with van der Waals surface area (Å²) >= 11 is 0.